The van der Waals surface area contributed by atoms with Gasteiger partial charge < -0.3 is 24.3 Å². The van der Waals surface area contributed by atoms with Crippen molar-refractivity contribution in [1.29, 1.82) is 0 Å². The van der Waals surface area contributed by atoms with E-state index in [1.54, 1.807) is 20.8 Å². The van der Waals surface area contributed by atoms with Crippen LogP contribution in [0.3, 0.4) is 0 Å². The second-order valence-corrected chi connectivity index (χ2v) is 6.30. The number of carbonyl (C=O) groups is 2. The summed E-state index contributed by atoms with van der Waals surface area (Å²) in [5.41, 5.74) is -0.505. The molecule has 0 aromatic rings. The normalized spacial score (nSPS) is 11.0. The monoisotopic (exact) mass is 357 g/mol. The van der Waals surface area contributed by atoms with E-state index in [9.17, 15) is 9.59 Å². The topological polar surface area (TPSA) is 83.1 Å². The van der Waals surface area contributed by atoms with Gasteiger partial charge in [-0.25, -0.2) is 4.79 Å². The summed E-state index contributed by atoms with van der Waals surface area (Å²) in [6.07, 6.45) is 6.11. The number of nitrogens with one attached hydrogen (secondary N) is 1. The Morgan fingerprint density at radius 3 is 2.28 bits per heavy atom. The maximum absolute atomic E-state index is 11.5. The maximum Gasteiger partial charge on any atom is 0.407 e. The van der Waals surface area contributed by atoms with Crippen molar-refractivity contribution in [2.75, 3.05) is 46.2 Å². The molecule has 0 radical (unpaired) electrons. The number of Topliss-reactive ketones (excluding diaryl/α,β-unsaturated/α-hetero) is 1. The molecule has 0 aliphatic rings. The Kier molecular flexibility index (Phi) is 13.7. The number of terminal acetylenes is 1. The number of rotatable bonds is 14. The van der Waals surface area contributed by atoms with Crippen LogP contribution in [-0.2, 0) is 23.7 Å². The third kappa shape index (κ3) is 18.6. The van der Waals surface area contributed by atoms with Crippen LogP contribution in [0.25, 0.3) is 0 Å². The Morgan fingerprint density at radius 2 is 1.64 bits per heavy atom. The van der Waals surface area contributed by atoms with Gasteiger partial charge in [-0.15, -0.1) is 6.42 Å². The van der Waals surface area contributed by atoms with Gasteiger partial charge >= 0.3 is 6.09 Å². The Balaban J connectivity index is 3.30. The number of amides is 1. The third-order valence-corrected chi connectivity index (χ3v) is 2.74. The predicted octanol–water partition coefficient (Wildman–Crippen LogP) is 1.93. The fourth-order valence-electron chi connectivity index (χ4n) is 1.67. The molecule has 0 unspecified atom stereocenters. The summed E-state index contributed by atoms with van der Waals surface area (Å²) in [4.78, 5) is 22.9. The molecule has 0 saturated heterocycles. The number of hydrogen-bond acceptors (Lipinski definition) is 6. The lowest BCUT2D eigenvalue weighted by atomic mass is 10.2. The minimum atomic E-state index is -0.505. The molecule has 0 aromatic heterocycles. The minimum absolute atomic E-state index is 0.144. The average molecular weight is 357 g/mol. The molecule has 0 atom stereocenters. The van der Waals surface area contributed by atoms with Crippen LogP contribution in [0.4, 0.5) is 4.79 Å². The lowest BCUT2D eigenvalue weighted by Crippen LogP contribution is -2.34. The minimum Gasteiger partial charge on any atom is -0.444 e. The zero-order valence-corrected chi connectivity index (χ0v) is 15.6. The molecule has 0 aliphatic heterocycles. The quantitative estimate of drug-likeness (QED) is 0.378. The summed E-state index contributed by atoms with van der Waals surface area (Å²) in [5, 5.41) is 2.60. The third-order valence-electron chi connectivity index (χ3n) is 2.74. The highest BCUT2D eigenvalue weighted by Gasteiger charge is 2.15. The van der Waals surface area contributed by atoms with Gasteiger partial charge in [-0.1, -0.05) is 5.92 Å². The number of ether oxygens (including phenoxy) is 4. The summed E-state index contributed by atoms with van der Waals surface area (Å²) < 4.78 is 20.8. The van der Waals surface area contributed by atoms with Crippen molar-refractivity contribution in [3.8, 4) is 12.3 Å². The maximum atomic E-state index is 11.5. The first-order valence-electron chi connectivity index (χ1n) is 8.50. The fraction of sp³-hybridized carbons (Fsp3) is 0.778. The van der Waals surface area contributed by atoms with Gasteiger partial charge in [-0.2, -0.15) is 0 Å². The molecule has 1 amide bonds. The molecule has 144 valence electrons. The molecule has 25 heavy (non-hydrogen) atoms. The van der Waals surface area contributed by atoms with Crippen molar-refractivity contribution in [2.45, 2.75) is 45.6 Å². The Bertz CT molecular complexity index is 411. The smallest absolute Gasteiger partial charge is 0.407 e. The van der Waals surface area contributed by atoms with Crippen molar-refractivity contribution in [1.82, 2.24) is 5.32 Å². The van der Waals surface area contributed by atoms with Crippen LogP contribution < -0.4 is 5.32 Å². The Hall–Kier alpha value is -1.62. The summed E-state index contributed by atoms with van der Waals surface area (Å²) in [5.74, 6) is 2.49. The van der Waals surface area contributed by atoms with Crippen molar-refractivity contribution in [3.63, 3.8) is 0 Å². The lowest BCUT2D eigenvalue weighted by Gasteiger charge is -2.19. The number of carbonyl (C=O) groups excluding carboxylic acids is 2. The SMILES string of the molecule is C#CCOCCC(=O)CCCOCCOCCNC(=O)OC(C)(C)C. The van der Waals surface area contributed by atoms with Crippen molar-refractivity contribution >= 4 is 11.9 Å². The van der Waals surface area contributed by atoms with Gasteiger partial charge in [0.25, 0.3) is 0 Å². The molecule has 7 heteroatoms. The molecule has 0 bridgehead atoms. The molecule has 0 spiro atoms. The largest absolute Gasteiger partial charge is 0.444 e. The summed E-state index contributed by atoms with van der Waals surface area (Å²) in [7, 11) is 0. The van der Waals surface area contributed by atoms with Crippen LogP contribution in [0.15, 0.2) is 0 Å². The van der Waals surface area contributed by atoms with E-state index in [1.807, 2.05) is 0 Å². The molecule has 0 heterocycles. The highest BCUT2D eigenvalue weighted by molar-refractivity contribution is 5.78. The highest BCUT2D eigenvalue weighted by atomic mass is 16.6. The van der Waals surface area contributed by atoms with E-state index in [0.717, 1.165) is 0 Å². The predicted molar refractivity (Wildman–Crippen MR) is 94.4 cm³/mol. The van der Waals surface area contributed by atoms with Crippen LogP contribution in [0.1, 0.15) is 40.0 Å². The molecule has 1 N–H and O–H groups in total. The zero-order chi connectivity index (χ0) is 19.0. The second-order valence-electron chi connectivity index (χ2n) is 6.30. The average Bonchev–Trinajstić information content (AvgIpc) is 2.51. The van der Waals surface area contributed by atoms with Crippen molar-refractivity contribution in [3.05, 3.63) is 0 Å². The van der Waals surface area contributed by atoms with E-state index in [2.05, 4.69) is 11.2 Å². The standard InChI is InChI=1S/C18H31NO6/c1-5-10-22-12-8-16(20)7-6-11-23-14-15-24-13-9-19-17(21)25-18(2,3)4/h1H,6-15H2,2-4H3,(H,19,21). The summed E-state index contributed by atoms with van der Waals surface area (Å²) >= 11 is 0. The molecule has 7 nitrogen and oxygen atoms in total. The summed E-state index contributed by atoms with van der Waals surface area (Å²) in [6.45, 7) is 8.19. The van der Waals surface area contributed by atoms with Gasteiger partial charge in [0, 0.05) is 26.0 Å². The Labute approximate surface area is 150 Å². The van der Waals surface area contributed by atoms with Gasteiger partial charge in [0.2, 0.25) is 0 Å². The van der Waals surface area contributed by atoms with E-state index in [-0.39, 0.29) is 12.4 Å². The Morgan fingerprint density at radius 1 is 0.960 bits per heavy atom. The van der Waals surface area contributed by atoms with E-state index in [4.69, 9.17) is 25.4 Å². The lowest BCUT2D eigenvalue weighted by molar-refractivity contribution is -0.120. The zero-order valence-electron chi connectivity index (χ0n) is 15.6. The number of ketones is 1. The molecule has 0 aromatic carbocycles. The van der Waals surface area contributed by atoms with Crippen LogP contribution in [0.2, 0.25) is 0 Å². The first-order chi connectivity index (χ1) is 11.8. The second kappa shape index (κ2) is 14.7. The van der Waals surface area contributed by atoms with E-state index in [1.165, 1.54) is 0 Å². The van der Waals surface area contributed by atoms with Crippen LogP contribution >= 0.6 is 0 Å². The molecular weight excluding hydrogens is 326 g/mol. The van der Waals surface area contributed by atoms with Crippen LogP contribution in [-0.4, -0.2) is 63.7 Å². The highest BCUT2D eigenvalue weighted by Crippen LogP contribution is 2.06. The van der Waals surface area contributed by atoms with Gasteiger partial charge in [0.05, 0.1) is 26.4 Å². The molecule has 0 rings (SSSR count). The molecule has 0 saturated carbocycles. The van der Waals surface area contributed by atoms with E-state index >= 15 is 0 Å². The first kappa shape index (κ1) is 23.4. The fourth-order valence-corrected chi connectivity index (χ4v) is 1.67. The van der Waals surface area contributed by atoms with Gasteiger partial charge in [0.1, 0.15) is 18.0 Å². The summed E-state index contributed by atoms with van der Waals surface area (Å²) in [6, 6.07) is 0. The van der Waals surface area contributed by atoms with E-state index in [0.29, 0.717) is 58.8 Å². The molecule has 0 aliphatic carbocycles. The molecular formula is C18H31NO6. The number of hydrogen-bond donors (Lipinski definition) is 1. The van der Waals surface area contributed by atoms with E-state index < -0.39 is 11.7 Å². The van der Waals surface area contributed by atoms with Crippen LogP contribution in [0, 0.1) is 12.3 Å². The van der Waals surface area contributed by atoms with Crippen LogP contribution in [0.5, 0.6) is 0 Å². The first-order valence-corrected chi connectivity index (χ1v) is 8.50. The number of alkyl carbamates (subject to hydrolysis) is 1. The molecule has 0 fully saturated rings. The van der Waals surface area contributed by atoms with Gasteiger partial charge in [-0.05, 0) is 27.2 Å². The van der Waals surface area contributed by atoms with Crippen molar-refractivity contribution in [2.24, 2.45) is 0 Å². The van der Waals surface area contributed by atoms with Gasteiger partial charge in [-0.3, -0.25) is 4.79 Å². The van der Waals surface area contributed by atoms with Gasteiger partial charge in [0.15, 0.2) is 0 Å². The van der Waals surface area contributed by atoms with Crippen molar-refractivity contribution < 1.29 is 28.5 Å².